The highest BCUT2D eigenvalue weighted by Crippen LogP contribution is 2.18. The molecule has 0 spiro atoms. The Balaban J connectivity index is 2.35. The van der Waals surface area contributed by atoms with Crippen LogP contribution in [0.25, 0.3) is 0 Å². The van der Waals surface area contributed by atoms with Gasteiger partial charge in [-0.1, -0.05) is 33.1 Å². The van der Waals surface area contributed by atoms with Crippen molar-refractivity contribution in [3.8, 4) is 0 Å². The number of nitrogens with two attached hydrogens (primary N) is 1. The van der Waals surface area contributed by atoms with Gasteiger partial charge in [0.1, 0.15) is 0 Å². The summed E-state index contributed by atoms with van der Waals surface area (Å²) in [5.41, 5.74) is 5.67. The van der Waals surface area contributed by atoms with Crippen molar-refractivity contribution in [1.82, 2.24) is 5.32 Å². The third kappa shape index (κ3) is 4.52. The third-order valence-corrected chi connectivity index (χ3v) is 3.36. The maximum Gasteiger partial charge on any atom is 0.224 e. The van der Waals surface area contributed by atoms with E-state index in [-0.39, 0.29) is 11.8 Å². The van der Waals surface area contributed by atoms with Gasteiger partial charge in [0.05, 0.1) is 5.92 Å². The molecule has 1 rings (SSSR count). The van der Waals surface area contributed by atoms with Gasteiger partial charge < -0.3 is 11.1 Å². The van der Waals surface area contributed by atoms with E-state index in [1.165, 1.54) is 19.3 Å². The summed E-state index contributed by atoms with van der Waals surface area (Å²) in [5, 5.41) is 3.16. The molecule has 0 radical (unpaired) electrons. The monoisotopic (exact) mass is 226 g/mol. The molecule has 1 unspecified atom stereocenters. The van der Waals surface area contributed by atoms with Gasteiger partial charge in [0.2, 0.25) is 5.91 Å². The fraction of sp³-hybridized carbons (Fsp3) is 0.923. The Morgan fingerprint density at radius 3 is 2.44 bits per heavy atom. The van der Waals surface area contributed by atoms with Gasteiger partial charge in [-0.05, 0) is 25.2 Å². The number of nitrogens with one attached hydrogen (secondary N) is 1. The molecule has 1 aliphatic carbocycles. The molecule has 0 aliphatic heterocycles. The van der Waals surface area contributed by atoms with Crippen LogP contribution in [0.1, 0.15) is 52.4 Å². The van der Waals surface area contributed by atoms with Crippen molar-refractivity contribution in [1.29, 1.82) is 0 Å². The summed E-state index contributed by atoms with van der Waals surface area (Å²) in [7, 11) is 0. The average Bonchev–Trinajstić information content (AvgIpc) is 2.26. The van der Waals surface area contributed by atoms with Gasteiger partial charge in [-0.3, -0.25) is 4.79 Å². The molecule has 0 aromatic carbocycles. The molecular weight excluding hydrogens is 200 g/mol. The van der Waals surface area contributed by atoms with Crippen molar-refractivity contribution in [2.45, 2.75) is 58.4 Å². The van der Waals surface area contributed by atoms with Crippen LogP contribution in [0, 0.1) is 11.8 Å². The predicted molar refractivity (Wildman–Crippen MR) is 67.0 cm³/mol. The Kier molecular flexibility index (Phi) is 5.81. The second-order valence-corrected chi connectivity index (χ2v) is 5.41. The molecule has 1 aliphatic rings. The van der Waals surface area contributed by atoms with Crippen LogP contribution in [0.2, 0.25) is 0 Å². The Bertz CT molecular complexity index is 210. The van der Waals surface area contributed by atoms with Crippen LogP contribution in [0.3, 0.4) is 0 Å². The largest absolute Gasteiger partial charge is 0.353 e. The summed E-state index contributed by atoms with van der Waals surface area (Å²) in [6, 6.07) is 0.405. The minimum Gasteiger partial charge on any atom is -0.353 e. The highest BCUT2D eigenvalue weighted by molar-refractivity contribution is 5.79. The Morgan fingerprint density at radius 1 is 1.31 bits per heavy atom. The Hall–Kier alpha value is -0.570. The van der Waals surface area contributed by atoms with Crippen LogP contribution in [0.4, 0.5) is 0 Å². The molecule has 0 aromatic heterocycles. The van der Waals surface area contributed by atoms with Crippen LogP contribution >= 0.6 is 0 Å². The molecule has 1 amide bonds. The van der Waals surface area contributed by atoms with Crippen molar-refractivity contribution >= 4 is 5.91 Å². The third-order valence-electron chi connectivity index (χ3n) is 3.36. The van der Waals surface area contributed by atoms with E-state index in [1.54, 1.807) is 0 Å². The molecular formula is C13H26N2O. The van der Waals surface area contributed by atoms with E-state index < -0.39 is 0 Å². The standard InChI is InChI=1S/C13H26N2O/c1-10(2)8-11(9-14)13(16)15-12-6-4-3-5-7-12/h10-12H,3-9,14H2,1-2H3,(H,15,16). The first-order valence-corrected chi connectivity index (χ1v) is 6.64. The zero-order chi connectivity index (χ0) is 12.0. The normalized spacial score (nSPS) is 19.8. The van der Waals surface area contributed by atoms with Crippen molar-refractivity contribution < 1.29 is 4.79 Å². The van der Waals surface area contributed by atoms with Gasteiger partial charge in [0.15, 0.2) is 0 Å². The maximum atomic E-state index is 12.0. The second-order valence-electron chi connectivity index (χ2n) is 5.41. The van der Waals surface area contributed by atoms with E-state index in [1.807, 2.05) is 0 Å². The number of hydrogen-bond donors (Lipinski definition) is 2. The van der Waals surface area contributed by atoms with Gasteiger partial charge in [-0.2, -0.15) is 0 Å². The predicted octanol–water partition coefficient (Wildman–Crippen LogP) is 2.06. The van der Waals surface area contributed by atoms with Crippen molar-refractivity contribution in [3.63, 3.8) is 0 Å². The molecule has 1 atom stereocenters. The Labute approximate surface area is 99.2 Å². The number of hydrogen-bond acceptors (Lipinski definition) is 2. The van der Waals surface area contributed by atoms with Crippen LogP contribution in [-0.2, 0) is 4.79 Å². The summed E-state index contributed by atoms with van der Waals surface area (Å²) in [5.74, 6) is 0.704. The lowest BCUT2D eigenvalue weighted by molar-refractivity contribution is -0.126. The Morgan fingerprint density at radius 2 is 1.94 bits per heavy atom. The summed E-state index contributed by atoms with van der Waals surface area (Å²) < 4.78 is 0. The highest BCUT2D eigenvalue weighted by atomic mass is 16.1. The van der Waals surface area contributed by atoms with Crippen molar-refractivity contribution in [2.75, 3.05) is 6.54 Å². The van der Waals surface area contributed by atoms with E-state index >= 15 is 0 Å². The van der Waals surface area contributed by atoms with Gasteiger partial charge in [-0.25, -0.2) is 0 Å². The van der Waals surface area contributed by atoms with E-state index in [9.17, 15) is 4.79 Å². The van der Waals surface area contributed by atoms with Crippen molar-refractivity contribution in [3.05, 3.63) is 0 Å². The lowest BCUT2D eigenvalue weighted by atomic mass is 9.93. The molecule has 0 heterocycles. The van der Waals surface area contributed by atoms with Crippen LogP contribution in [0.5, 0.6) is 0 Å². The van der Waals surface area contributed by atoms with E-state index in [0.29, 0.717) is 18.5 Å². The first-order chi connectivity index (χ1) is 7.63. The average molecular weight is 226 g/mol. The molecule has 1 fully saturated rings. The summed E-state index contributed by atoms with van der Waals surface area (Å²) in [6.07, 6.45) is 7.01. The van der Waals surface area contributed by atoms with Gasteiger partial charge >= 0.3 is 0 Å². The second kappa shape index (κ2) is 6.89. The molecule has 0 aromatic rings. The first-order valence-electron chi connectivity index (χ1n) is 6.64. The maximum absolute atomic E-state index is 12.0. The van der Waals surface area contributed by atoms with Gasteiger partial charge in [0.25, 0.3) is 0 Å². The fourth-order valence-corrected chi connectivity index (χ4v) is 2.45. The van der Waals surface area contributed by atoms with Gasteiger partial charge in [-0.15, -0.1) is 0 Å². The number of amides is 1. The quantitative estimate of drug-likeness (QED) is 0.754. The minimum atomic E-state index is 0.00178. The number of rotatable bonds is 5. The smallest absolute Gasteiger partial charge is 0.224 e. The minimum absolute atomic E-state index is 0.00178. The number of carbonyl (C=O) groups excluding carboxylic acids is 1. The SMILES string of the molecule is CC(C)CC(CN)C(=O)NC1CCCCC1. The van der Waals surface area contributed by atoms with Crippen LogP contribution in [-0.4, -0.2) is 18.5 Å². The van der Waals surface area contributed by atoms with E-state index in [0.717, 1.165) is 19.3 Å². The molecule has 3 heteroatoms. The zero-order valence-electron chi connectivity index (χ0n) is 10.7. The summed E-state index contributed by atoms with van der Waals surface area (Å²) in [4.78, 5) is 12.0. The van der Waals surface area contributed by atoms with E-state index in [4.69, 9.17) is 5.73 Å². The fourth-order valence-electron chi connectivity index (χ4n) is 2.45. The highest BCUT2D eigenvalue weighted by Gasteiger charge is 2.22. The molecule has 94 valence electrons. The molecule has 1 saturated carbocycles. The molecule has 0 saturated heterocycles. The molecule has 16 heavy (non-hydrogen) atoms. The first kappa shape index (κ1) is 13.5. The topological polar surface area (TPSA) is 55.1 Å². The van der Waals surface area contributed by atoms with E-state index in [2.05, 4.69) is 19.2 Å². The lowest BCUT2D eigenvalue weighted by Gasteiger charge is -2.25. The van der Waals surface area contributed by atoms with Gasteiger partial charge in [0, 0.05) is 12.6 Å². The van der Waals surface area contributed by atoms with Crippen molar-refractivity contribution in [2.24, 2.45) is 17.6 Å². The lowest BCUT2D eigenvalue weighted by Crippen LogP contribution is -2.42. The summed E-state index contributed by atoms with van der Waals surface area (Å²) in [6.45, 7) is 4.74. The molecule has 0 bridgehead atoms. The molecule has 3 nitrogen and oxygen atoms in total. The number of carbonyl (C=O) groups is 1. The van der Waals surface area contributed by atoms with Crippen LogP contribution in [0.15, 0.2) is 0 Å². The molecule has 3 N–H and O–H groups in total. The van der Waals surface area contributed by atoms with Crippen LogP contribution < -0.4 is 11.1 Å². The zero-order valence-corrected chi connectivity index (χ0v) is 10.7. The summed E-state index contributed by atoms with van der Waals surface area (Å²) >= 11 is 0.